The lowest BCUT2D eigenvalue weighted by molar-refractivity contribution is 0.174. The van der Waals surface area contributed by atoms with E-state index in [0.717, 1.165) is 12.0 Å². The van der Waals surface area contributed by atoms with Crippen LogP contribution in [0.1, 0.15) is 49.2 Å². The Balaban J connectivity index is 2.00. The Morgan fingerprint density at radius 2 is 2.04 bits per heavy atom. The molecule has 1 N–H and O–H groups in total. The molecule has 0 aliphatic rings. The van der Waals surface area contributed by atoms with Crippen molar-refractivity contribution in [2.24, 2.45) is 0 Å². The molecule has 1 aromatic carbocycles. The summed E-state index contributed by atoms with van der Waals surface area (Å²) in [6.07, 6.45) is 0.810. The van der Waals surface area contributed by atoms with Crippen LogP contribution in [0, 0.1) is 6.92 Å². The second-order valence-electron chi connectivity index (χ2n) is 5.87. The zero-order chi connectivity index (χ0) is 18.2. The van der Waals surface area contributed by atoms with Gasteiger partial charge in [-0.05, 0) is 25.8 Å². The fraction of sp³-hybridized carbons (Fsp3) is 0.500. The van der Waals surface area contributed by atoms with Crippen molar-refractivity contribution in [3.05, 3.63) is 47.1 Å². The smallest absolute Gasteiger partial charge is 0.318 e. The maximum atomic E-state index is 12.6. The van der Waals surface area contributed by atoms with Crippen molar-refractivity contribution in [1.29, 1.82) is 0 Å². The molecule has 1 aromatic heterocycles. The average Bonchev–Trinajstić information content (AvgIpc) is 3.05. The highest BCUT2D eigenvalue weighted by molar-refractivity contribution is 5.74. The number of urea groups is 1. The second kappa shape index (κ2) is 9.17. The topological polar surface area (TPSA) is 80.5 Å². The van der Waals surface area contributed by atoms with Gasteiger partial charge in [0.05, 0.1) is 6.04 Å². The Hall–Kier alpha value is -2.41. The molecular weight excluding hydrogens is 320 g/mol. The van der Waals surface area contributed by atoms with Crippen LogP contribution < -0.4 is 5.32 Å². The molecule has 0 saturated carbocycles. The number of carbonyl (C=O) groups excluding carboxylic acids is 1. The van der Waals surface area contributed by atoms with Crippen LogP contribution in [0.15, 0.2) is 28.8 Å². The molecule has 1 heterocycles. The molecule has 0 unspecified atom stereocenters. The van der Waals surface area contributed by atoms with Gasteiger partial charge in [-0.25, -0.2) is 4.79 Å². The van der Waals surface area contributed by atoms with Gasteiger partial charge in [0.15, 0.2) is 5.82 Å². The predicted octanol–water partition coefficient (Wildman–Crippen LogP) is 3.21. The van der Waals surface area contributed by atoms with Gasteiger partial charge < -0.3 is 19.5 Å². The van der Waals surface area contributed by atoms with Crippen molar-refractivity contribution in [1.82, 2.24) is 20.4 Å². The maximum Gasteiger partial charge on any atom is 0.318 e. The second-order valence-corrected chi connectivity index (χ2v) is 5.87. The van der Waals surface area contributed by atoms with E-state index in [2.05, 4.69) is 46.6 Å². The van der Waals surface area contributed by atoms with Crippen molar-refractivity contribution in [3.63, 3.8) is 0 Å². The first-order chi connectivity index (χ1) is 12.1. The van der Waals surface area contributed by atoms with Gasteiger partial charge in [0.25, 0.3) is 0 Å². The molecule has 0 aliphatic heterocycles. The summed E-state index contributed by atoms with van der Waals surface area (Å²) in [5.74, 6) is 0.868. The largest absolute Gasteiger partial charge is 0.377 e. The highest BCUT2D eigenvalue weighted by Gasteiger charge is 2.19. The summed E-state index contributed by atoms with van der Waals surface area (Å²) in [7, 11) is 1.57. The molecule has 2 rings (SSSR count). The summed E-state index contributed by atoms with van der Waals surface area (Å²) in [5.41, 5.74) is 2.29. The predicted molar refractivity (Wildman–Crippen MR) is 93.8 cm³/mol. The molecule has 7 heteroatoms. The van der Waals surface area contributed by atoms with Crippen LogP contribution in [0.2, 0.25) is 0 Å². The zero-order valence-electron chi connectivity index (χ0n) is 15.3. The van der Waals surface area contributed by atoms with Crippen molar-refractivity contribution in [2.45, 2.75) is 46.4 Å². The lowest BCUT2D eigenvalue weighted by Crippen LogP contribution is -2.41. The molecule has 0 radical (unpaired) electrons. The quantitative estimate of drug-likeness (QED) is 0.794. The molecule has 0 aliphatic carbocycles. The summed E-state index contributed by atoms with van der Waals surface area (Å²) >= 11 is 0. The number of hydrogen-bond acceptors (Lipinski definition) is 5. The number of aryl methyl sites for hydroxylation is 1. The molecule has 2 amide bonds. The molecule has 25 heavy (non-hydrogen) atoms. The normalized spacial score (nSPS) is 12.0. The Labute approximate surface area is 148 Å². The Kier molecular flexibility index (Phi) is 6.94. The first kappa shape index (κ1) is 18.9. The van der Waals surface area contributed by atoms with Gasteiger partial charge in [-0.2, -0.15) is 4.98 Å². The summed E-state index contributed by atoms with van der Waals surface area (Å²) in [4.78, 5) is 18.5. The monoisotopic (exact) mass is 346 g/mol. The van der Waals surface area contributed by atoms with Crippen LogP contribution in [-0.4, -0.2) is 34.7 Å². The average molecular weight is 346 g/mol. The number of nitrogens with zero attached hydrogens (tertiary/aromatic N) is 3. The van der Waals surface area contributed by atoms with E-state index >= 15 is 0 Å². The zero-order valence-corrected chi connectivity index (χ0v) is 15.3. The SMILES string of the molecule is CC[C@@H](NC(=O)N(CC)Cc1nc(COC)no1)c1ccc(C)cc1. The fourth-order valence-corrected chi connectivity index (χ4v) is 2.49. The molecule has 0 saturated heterocycles. The van der Waals surface area contributed by atoms with E-state index in [1.54, 1.807) is 12.0 Å². The standard InChI is InChI=1S/C18H26N4O3/c1-5-15(14-9-7-13(3)8-10-14)19-18(23)22(6-2)11-17-20-16(12-24-4)21-25-17/h7-10,15H,5-6,11-12H2,1-4H3,(H,19,23)/t15-/m1/s1. The number of hydrogen-bond donors (Lipinski definition) is 1. The van der Waals surface area contributed by atoms with Crippen LogP contribution in [0.4, 0.5) is 4.79 Å². The number of rotatable bonds is 8. The van der Waals surface area contributed by atoms with Crippen molar-refractivity contribution >= 4 is 6.03 Å². The Morgan fingerprint density at radius 3 is 2.64 bits per heavy atom. The number of methoxy groups -OCH3 is 1. The third-order valence-electron chi connectivity index (χ3n) is 3.96. The van der Waals surface area contributed by atoms with E-state index in [0.29, 0.717) is 18.3 Å². The van der Waals surface area contributed by atoms with E-state index in [1.807, 2.05) is 13.8 Å². The van der Waals surface area contributed by atoms with Crippen LogP contribution in [-0.2, 0) is 17.9 Å². The number of benzene rings is 1. The van der Waals surface area contributed by atoms with E-state index in [9.17, 15) is 4.79 Å². The number of nitrogens with one attached hydrogen (secondary N) is 1. The van der Waals surface area contributed by atoms with Gasteiger partial charge in [-0.15, -0.1) is 0 Å². The molecule has 1 atom stereocenters. The van der Waals surface area contributed by atoms with Crippen molar-refractivity contribution in [3.8, 4) is 0 Å². The molecular formula is C18H26N4O3. The van der Waals surface area contributed by atoms with Crippen LogP contribution in [0.5, 0.6) is 0 Å². The highest BCUT2D eigenvalue weighted by atomic mass is 16.5. The van der Waals surface area contributed by atoms with Gasteiger partial charge in [-0.1, -0.05) is 41.9 Å². The van der Waals surface area contributed by atoms with Gasteiger partial charge in [-0.3, -0.25) is 0 Å². The third-order valence-corrected chi connectivity index (χ3v) is 3.96. The molecule has 0 spiro atoms. The Bertz CT molecular complexity index is 669. The van der Waals surface area contributed by atoms with Gasteiger partial charge in [0.2, 0.25) is 5.89 Å². The number of amides is 2. The molecule has 2 aromatic rings. The highest BCUT2D eigenvalue weighted by Crippen LogP contribution is 2.18. The minimum Gasteiger partial charge on any atom is -0.377 e. The lowest BCUT2D eigenvalue weighted by atomic mass is 10.0. The first-order valence-corrected chi connectivity index (χ1v) is 8.49. The first-order valence-electron chi connectivity index (χ1n) is 8.49. The van der Waals surface area contributed by atoms with E-state index in [-0.39, 0.29) is 25.2 Å². The molecule has 7 nitrogen and oxygen atoms in total. The summed E-state index contributed by atoms with van der Waals surface area (Å²) in [5, 5.41) is 6.89. The Morgan fingerprint density at radius 1 is 1.32 bits per heavy atom. The summed E-state index contributed by atoms with van der Waals surface area (Å²) in [6, 6.07) is 8.02. The van der Waals surface area contributed by atoms with Gasteiger partial charge >= 0.3 is 6.03 Å². The van der Waals surface area contributed by atoms with E-state index in [1.165, 1.54) is 5.56 Å². The molecule has 0 fully saturated rings. The molecule has 0 bridgehead atoms. The van der Waals surface area contributed by atoms with Gasteiger partial charge in [0, 0.05) is 13.7 Å². The minimum atomic E-state index is -0.151. The van der Waals surface area contributed by atoms with Crippen LogP contribution in [0.3, 0.4) is 0 Å². The maximum absolute atomic E-state index is 12.6. The van der Waals surface area contributed by atoms with Crippen LogP contribution in [0.25, 0.3) is 0 Å². The number of aromatic nitrogens is 2. The fourth-order valence-electron chi connectivity index (χ4n) is 2.49. The minimum absolute atomic E-state index is 0.0334. The van der Waals surface area contributed by atoms with Crippen LogP contribution >= 0.6 is 0 Å². The number of carbonyl (C=O) groups is 1. The summed E-state index contributed by atoms with van der Waals surface area (Å²) < 4.78 is 10.1. The van der Waals surface area contributed by atoms with E-state index in [4.69, 9.17) is 9.26 Å². The van der Waals surface area contributed by atoms with Gasteiger partial charge in [0.1, 0.15) is 13.2 Å². The number of ether oxygens (including phenoxy) is 1. The lowest BCUT2D eigenvalue weighted by Gasteiger charge is -2.24. The van der Waals surface area contributed by atoms with Crippen molar-refractivity contribution < 1.29 is 14.1 Å². The third kappa shape index (κ3) is 5.29. The summed E-state index contributed by atoms with van der Waals surface area (Å²) in [6.45, 7) is 7.11. The molecule has 136 valence electrons. The van der Waals surface area contributed by atoms with Crippen molar-refractivity contribution in [2.75, 3.05) is 13.7 Å². The van der Waals surface area contributed by atoms with E-state index < -0.39 is 0 Å².